The largest absolute Gasteiger partial charge is 0.493 e. The summed E-state index contributed by atoms with van der Waals surface area (Å²) in [5.74, 6) is 0.819. The Bertz CT molecular complexity index is 1450. The molecule has 1 amide bonds. The number of sulfone groups is 1. The van der Waals surface area contributed by atoms with Gasteiger partial charge in [0, 0.05) is 17.5 Å². The monoisotopic (exact) mass is 490 g/mol. The molecule has 3 aromatic carbocycles. The molecule has 0 aliphatic rings. The van der Waals surface area contributed by atoms with Crippen molar-refractivity contribution in [3.05, 3.63) is 84.4 Å². The average Bonchev–Trinajstić information content (AvgIpc) is 2.90. The molecule has 0 atom stereocenters. The highest BCUT2D eigenvalue weighted by Gasteiger charge is 2.17. The van der Waals surface area contributed by atoms with E-state index >= 15 is 0 Å². The maximum Gasteiger partial charge on any atom is 0.252 e. The minimum Gasteiger partial charge on any atom is -0.493 e. The van der Waals surface area contributed by atoms with Crippen molar-refractivity contribution in [1.82, 2.24) is 10.3 Å². The van der Waals surface area contributed by atoms with Gasteiger partial charge in [0.1, 0.15) is 0 Å². The van der Waals surface area contributed by atoms with Crippen LogP contribution in [-0.4, -0.2) is 45.8 Å². The molecule has 0 aliphatic heterocycles. The molecule has 1 heterocycles. The second-order valence-electron chi connectivity index (χ2n) is 7.88. The molecule has 0 saturated heterocycles. The molecule has 0 radical (unpaired) electrons. The van der Waals surface area contributed by atoms with Gasteiger partial charge in [0.2, 0.25) is 0 Å². The fraction of sp³-hybridized carbons (Fsp3) is 0.185. The second kappa shape index (κ2) is 10.6. The van der Waals surface area contributed by atoms with Gasteiger partial charge < -0.3 is 14.8 Å². The number of carbonyl (C=O) groups is 1. The number of nitrogens with one attached hydrogen (secondary N) is 1. The number of hydrogen-bond donors (Lipinski definition) is 1. The van der Waals surface area contributed by atoms with Gasteiger partial charge in [-0.25, -0.2) is 13.4 Å². The zero-order valence-electron chi connectivity index (χ0n) is 19.5. The van der Waals surface area contributed by atoms with Crippen molar-refractivity contribution in [3.8, 4) is 22.8 Å². The van der Waals surface area contributed by atoms with E-state index in [-0.39, 0.29) is 23.1 Å². The normalized spacial score (nSPS) is 11.3. The Labute approximate surface area is 204 Å². The lowest BCUT2D eigenvalue weighted by molar-refractivity contribution is 0.0955. The molecule has 0 spiro atoms. The van der Waals surface area contributed by atoms with E-state index in [2.05, 4.69) is 5.32 Å². The highest BCUT2D eigenvalue weighted by atomic mass is 32.2. The van der Waals surface area contributed by atoms with Crippen molar-refractivity contribution < 1.29 is 22.7 Å². The maximum atomic E-state index is 13.1. The van der Waals surface area contributed by atoms with E-state index < -0.39 is 9.84 Å². The van der Waals surface area contributed by atoms with Gasteiger partial charge in [-0.05, 0) is 48.9 Å². The number of carbonyl (C=O) groups excluding carboxylic acids is 1. The molecule has 1 aromatic heterocycles. The van der Waals surface area contributed by atoms with Gasteiger partial charge in [-0.1, -0.05) is 36.4 Å². The standard InChI is InChI=1S/C27H26N2O5S/c1-33-25-14-13-19(17-26(25)34-2)24-18-22(21-11-6-7-12-23(21)29-24)27(30)28-15-8-16-35(31,32)20-9-4-3-5-10-20/h3-7,9-14,17-18H,8,15-16H2,1-2H3,(H,28,30). The second-order valence-corrected chi connectivity index (χ2v) is 9.99. The van der Waals surface area contributed by atoms with E-state index in [4.69, 9.17) is 14.5 Å². The lowest BCUT2D eigenvalue weighted by Gasteiger charge is -2.12. The number of pyridine rings is 1. The number of hydrogen-bond acceptors (Lipinski definition) is 6. The molecule has 35 heavy (non-hydrogen) atoms. The van der Waals surface area contributed by atoms with Crippen LogP contribution in [0.1, 0.15) is 16.8 Å². The number of fused-ring (bicyclic) bond motifs is 1. The molecule has 4 rings (SSSR count). The van der Waals surface area contributed by atoms with Crippen LogP contribution in [0.4, 0.5) is 0 Å². The first-order valence-corrected chi connectivity index (χ1v) is 12.8. The number of ether oxygens (including phenoxy) is 2. The van der Waals surface area contributed by atoms with E-state index in [0.717, 1.165) is 5.56 Å². The third kappa shape index (κ3) is 5.44. The molecule has 0 fully saturated rings. The van der Waals surface area contributed by atoms with Crippen LogP contribution >= 0.6 is 0 Å². The Morgan fingerprint density at radius 1 is 0.886 bits per heavy atom. The highest BCUT2D eigenvalue weighted by molar-refractivity contribution is 7.91. The van der Waals surface area contributed by atoms with Gasteiger partial charge in [-0.15, -0.1) is 0 Å². The summed E-state index contributed by atoms with van der Waals surface area (Å²) in [5, 5.41) is 3.57. The highest BCUT2D eigenvalue weighted by Crippen LogP contribution is 2.33. The minimum absolute atomic E-state index is 0.0503. The first-order chi connectivity index (χ1) is 16.9. The van der Waals surface area contributed by atoms with Crippen molar-refractivity contribution in [3.63, 3.8) is 0 Å². The Morgan fingerprint density at radius 3 is 2.34 bits per heavy atom. The quantitative estimate of drug-likeness (QED) is 0.347. The average molecular weight is 491 g/mol. The summed E-state index contributed by atoms with van der Waals surface area (Å²) >= 11 is 0. The van der Waals surface area contributed by atoms with Gasteiger partial charge in [0.15, 0.2) is 21.3 Å². The molecule has 0 saturated carbocycles. The predicted octanol–water partition coefficient (Wildman–Crippen LogP) is 4.51. The van der Waals surface area contributed by atoms with Crippen LogP contribution in [0.3, 0.4) is 0 Å². The molecule has 180 valence electrons. The van der Waals surface area contributed by atoms with Gasteiger partial charge in [0.05, 0.1) is 41.6 Å². The predicted molar refractivity (Wildman–Crippen MR) is 136 cm³/mol. The molecular formula is C27H26N2O5S. The van der Waals surface area contributed by atoms with Gasteiger partial charge in [0.25, 0.3) is 5.91 Å². The number of aromatic nitrogens is 1. The van der Waals surface area contributed by atoms with E-state index in [0.29, 0.717) is 40.1 Å². The molecule has 0 aliphatic carbocycles. The summed E-state index contributed by atoms with van der Waals surface area (Å²) in [6.07, 6.45) is 0.300. The molecule has 0 unspecified atom stereocenters. The van der Waals surface area contributed by atoms with Crippen LogP contribution in [0.15, 0.2) is 83.8 Å². The van der Waals surface area contributed by atoms with Crippen LogP contribution in [0.5, 0.6) is 11.5 Å². The lowest BCUT2D eigenvalue weighted by Crippen LogP contribution is -2.26. The fourth-order valence-electron chi connectivity index (χ4n) is 3.81. The number of methoxy groups -OCH3 is 2. The van der Waals surface area contributed by atoms with Gasteiger partial charge in [-0.2, -0.15) is 0 Å². The third-order valence-electron chi connectivity index (χ3n) is 5.62. The van der Waals surface area contributed by atoms with Crippen LogP contribution in [0.2, 0.25) is 0 Å². The van der Waals surface area contributed by atoms with Crippen molar-refractivity contribution >= 4 is 26.6 Å². The zero-order chi connectivity index (χ0) is 24.8. The summed E-state index contributed by atoms with van der Waals surface area (Å²) < 4.78 is 35.7. The van der Waals surface area contributed by atoms with E-state index in [1.54, 1.807) is 56.7 Å². The molecule has 0 bridgehead atoms. The Balaban J connectivity index is 1.55. The fourth-order valence-corrected chi connectivity index (χ4v) is 5.14. The number of nitrogens with zero attached hydrogens (tertiary/aromatic N) is 1. The van der Waals surface area contributed by atoms with Crippen LogP contribution in [0, 0.1) is 0 Å². The summed E-state index contributed by atoms with van der Waals surface area (Å²) in [5.41, 5.74) is 2.53. The number of amides is 1. The summed E-state index contributed by atoms with van der Waals surface area (Å²) in [7, 11) is -0.265. The molecule has 7 nitrogen and oxygen atoms in total. The SMILES string of the molecule is COc1ccc(-c2cc(C(=O)NCCCS(=O)(=O)c3ccccc3)c3ccccc3n2)cc1OC. The summed E-state index contributed by atoms with van der Waals surface area (Å²) in [6, 6.07) is 22.9. The van der Waals surface area contributed by atoms with Crippen LogP contribution in [-0.2, 0) is 9.84 Å². The number of rotatable bonds is 9. The smallest absolute Gasteiger partial charge is 0.252 e. The molecule has 1 N–H and O–H groups in total. The van der Waals surface area contributed by atoms with E-state index in [1.807, 2.05) is 36.4 Å². The van der Waals surface area contributed by atoms with E-state index in [1.165, 1.54) is 0 Å². The number of para-hydroxylation sites is 1. The van der Waals surface area contributed by atoms with Crippen molar-refractivity contribution in [2.75, 3.05) is 26.5 Å². The number of benzene rings is 3. The van der Waals surface area contributed by atoms with Crippen molar-refractivity contribution in [2.24, 2.45) is 0 Å². The van der Waals surface area contributed by atoms with Crippen LogP contribution < -0.4 is 14.8 Å². The van der Waals surface area contributed by atoms with Gasteiger partial charge in [-0.3, -0.25) is 4.79 Å². The Kier molecular flexibility index (Phi) is 7.31. The van der Waals surface area contributed by atoms with Crippen molar-refractivity contribution in [2.45, 2.75) is 11.3 Å². The molecular weight excluding hydrogens is 464 g/mol. The van der Waals surface area contributed by atoms with E-state index in [9.17, 15) is 13.2 Å². The zero-order valence-corrected chi connectivity index (χ0v) is 20.3. The van der Waals surface area contributed by atoms with Crippen molar-refractivity contribution in [1.29, 1.82) is 0 Å². The Hall–Kier alpha value is -3.91. The minimum atomic E-state index is -3.40. The molecule has 8 heteroatoms. The Morgan fingerprint density at radius 2 is 1.60 bits per heavy atom. The third-order valence-corrected chi connectivity index (χ3v) is 7.43. The lowest BCUT2D eigenvalue weighted by atomic mass is 10.0. The van der Waals surface area contributed by atoms with Crippen LogP contribution in [0.25, 0.3) is 22.2 Å². The first kappa shape index (κ1) is 24.2. The van der Waals surface area contributed by atoms with Gasteiger partial charge >= 0.3 is 0 Å². The molecule has 4 aromatic rings. The summed E-state index contributed by atoms with van der Waals surface area (Å²) in [4.78, 5) is 18.1. The first-order valence-electron chi connectivity index (χ1n) is 11.1. The maximum absolute atomic E-state index is 13.1. The summed E-state index contributed by atoms with van der Waals surface area (Å²) in [6.45, 7) is 0.229. The topological polar surface area (TPSA) is 94.6 Å².